The molecule has 0 saturated carbocycles. The maximum Gasteiger partial charge on any atom is 0.416 e. The molecule has 1 N–H and O–H groups in total. The van der Waals surface area contributed by atoms with Gasteiger partial charge in [0.2, 0.25) is 0 Å². The average Bonchev–Trinajstić information content (AvgIpc) is 3.31. The number of aryl methyl sites for hydroxylation is 1. The number of nitrogens with zero attached hydrogens (tertiary/aromatic N) is 3. The molecule has 0 aliphatic heterocycles. The summed E-state index contributed by atoms with van der Waals surface area (Å²) in [6.07, 6.45) is -2.89. The summed E-state index contributed by atoms with van der Waals surface area (Å²) in [6.45, 7) is 2.18. The number of hydrogen-bond acceptors (Lipinski definition) is 4. The average molecular weight is 416 g/mol. The standard InChI is InChI=1S/C20H15F3N4OS/c1-12-3-2-4-15-17(12)18(25-19(28)16-9-24-11-29-16)26-27(15)10-13-5-7-14(8-6-13)20(21,22)23/h2-9,11H,10H2,1H3,(H,25,26,28). The lowest BCUT2D eigenvalue weighted by Gasteiger charge is -2.08. The number of halogens is 3. The summed E-state index contributed by atoms with van der Waals surface area (Å²) in [5.41, 5.74) is 3.26. The first-order valence-corrected chi connectivity index (χ1v) is 9.53. The van der Waals surface area contributed by atoms with Gasteiger partial charge in [-0.2, -0.15) is 18.3 Å². The fourth-order valence-electron chi connectivity index (χ4n) is 3.08. The van der Waals surface area contributed by atoms with Crippen molar-refractivity contribution in [3.05, 3.63) is 75.7 Å². The zero-order chi connectivity index (χ0) is 20.6. The van der Waals surface area contributed by atoms with Crippen molar-refractivity contribution >= 4 is 34.0 Å². The number of benzene rings is 2. The molecule has 1 amide bonds. The molecule has 148 valence electrons. The van der Waals surface area contributed by atoms with Crippen LogP contribution in [0.5, 0.6) is 0 Å². The van der Waals surface area contributed by atoms with Crippen molar-refractivity contribution in [1.29, 1.82) is 0 Å². The van der Waals surface area contributed by atoms with Crippen molar-refractivity contribution in [2.45, 2.75) is 19.6 Å². The Balaban J connectivity index is 1.68. The lowest BCUT2D eigenvalue weighted by atomic mass is 10.1. The SMILES string of the molecule is Cc1cccc2c1c(NC(=O)c1cncs1)nn2Cc1ccc(C(F)(F)F)cc1. The Morgan fingerprint density at radius 3 is 2.59 bits per heavy atom. The van der Waals surface area contributed by atoms with Crippen LogP contribution >= 0.6 is 11.3 Å². The van der Waals surface area contributed by atoms with E-state index in [2.05, 4.69) is 15.4 Å². The van der Waals surface area contributed by atoms with E-state index in [0.717, 1.165) is 28.6 Å². The molecule has 0 fully saturated rings. The van der Waals surface area contributed by atoms with Gasteiger partial charge in [0.1, 0.15) is 4.88 Å². The summed E-state index contributed by atoms with van der Waals surface area (Å²) < 4.78 is 40.0. The summed E-state index contributed by atoms with van der Waals surface area (Å²) in [5.74, 6) is 0.0974. The molecule has 2 aromatic carbocycles. The minimum Gasteiger partial charge on any atom is -0.304 e. The lowest BCUT2D eigenvalue weighted by molar-refractivity contribution is -0.137. The number of carbonyl (C=O) groups excluding carboxylic acids is 1. The molecular weight excluding hydrogens is 401 g/mol. The summed E-state index contributed by atoms with van der Waals surface area (Å²) in [7, 11) is 0. The molecule has 0 atom stereocenters. The van der Waals surface area contributed by atoms with Crippen LogP contribution in [-0.2, 0) is 12.7 Å². The van der Waals surface area contributed by atoms with Crippen molar-refractivity contribution < 1.29 is 18.0 Å². The predicted molar refractivity (Wildman–Crippen MR) is 105 cm³/mol. The van der Waals surface area contributed by atoms with Gasteiger partial charge in [-0.25, -0.2) is 0 Å². The third-order valence-corrected chi connectivity index (χ3v) is 5.26. The van der Waals surface area contributed by atoms with Gasteiger partial charge in [-0.1, -0.05) is 24.3 Å². The minimum absolute atomic E-state index is 0.272. The molecule has 29 heavy (non-hydrogen) atoms. The van der Waals surface area contributed by atoms with Gasteiger partial charge < -0.3 is 5.32 Å². The second kappa shape index (κ2) is 7.32. The molecule has 0 radical (unpaired) electrons. The van der Waals surface area contributed by atoms with Gasteiger partial charge in [0.25, 0.3) is 5.91 Å². The van der Waals surface area contributed by atoms with Gasteiger partial charge in [0.05, 0.1) is 29.3 Å². The van der Waals surface area contributed by atoms with Crippen molar-refractivity contribution in [1.82, 2.24) is 14.8 Å². The van der Waals surface area contributed by atoms with Gasteiger partial charge in [0, 0.05) is 5.39 Å². The van der Waals surface area contributed by atoms with Crippen LogP contribution in [0.15, 0.2) is 54.2 Å². The van der Waals surface area contributed by atoms with Crippen LogP contribution in [0.25, 0.3) is 10.9 Å². The third-order valence-electron chi connectivity index (χ3n) is 4.49. The Bertz CT molecular complexity index is 1170. The van der Waals surface area contributed by atoms with Crippen LogP contribution in [0.3, 0.4) is 0 Å². The topological polar surface area (TPSA) is 59.8 Å². The first-order chi connectivity index (χ1) is 13.8. The van der Waals surface area contributed by atoms with Crippen LogP contribution in [0.4, 0.5) is 19.0 Å². The van der Waals surface area contributed by atoms with Gasteiger partial charge in [0.15, 0.2) is 5.82 Å². The van der Waals surface area contributed by atoms with E-state index in [9.17, 15) is 18.0 Å². The number of thiazole rings is 1. The zero-order valence-electron chi connectivity index (χ0n) is 15.2. The molecule has 2 heterocycles. The summed E-state index contributed by atoms with van der Waals surface area (Å²) in [4.78, 5) is 16.8. The molecule has 0 unspecified atom stereocenters. The Morgan fingerprint density at radius 1 is 1.17 bits per heavy atom. The number of hydrogen-bond donors (Lipinski definition) is 1. The normalized spacial score (nSPS) is 11.7. The van der Waals surface area contributed by atoms with Gasteiger partial charge in [-0.3, -0.25) is 14.5 Å². The molecule has 0 aliphatic rings. The number of amides is 1. The molecule has 0 bridgehead atoms. The molecule has 5 nitrogen and oxygen atoms in total. The van der Waals surface area contributed by atoms with E-state index in [-0.39, 0.29) is 12.5 Å². The maximum atomic E-state index is 12.8. The fraction of sp³-hybridized carbons (Fsp3) is 0.150. The highest BCUT2D eigenvalue weighted by atomic mass is 32.1. The minimum atomic E-state index is -4.37. The highest BCUT2D eigenvalue weighted by Gasteiger charge is 2.30. The fourth-order valence-corrected chi connectivity index (χ4v) is 3.59. The third kappa shape index (κ3) is 3.86. The highest BCUT2D eigenvalue weighted by molar-refractivity contribution is 7.11. The summed E-state index contributed by atoms with van der Waals surface area (Å²) in [5, 5.41) is 8.12. The van der Waals surface area contributed by atoms with Gasteiger partial charge in [-0.15, -0.1) is 11.3 Å². The van der Waals surface area contributed by atoms with Crippen molar-refractivity contribution in [3.8, 4) is 0 Å². The Labute approximate surface area is 167 Å². The first-order valence-electron chi connectivity index (χ1n) is 8.65. The maximum absolute atomic E-state index is 12.8. The van der Waals surface area contributed by atoms with E-state index in [1.807, 2.05) is 25.1 Å². The van der Waals surface area contributed by atoms with Crippen molar-refractivity contribution in [3.63, 3.8) is 0 Å². The number of aromatic nitrogens is 3. The number of rotatable bonds is 4. The number of alkyl halides is 3. The summed E-state index contributed by atoms with van der Waals surface area (Å²) >= 11 is 1.22. The Kier molecular flexibility index (Phi) is 4.83. The van der Waals surface area contributed by atoms with Gasteiger partial charge >= 0.3 is 6.18 Å². The smallest absolute Gasteiger partial charge is 0.304 e. The monoisotopic (exact) mass is 416 g/mol. The molecule has 2 aromatic heterocycles. The number of carbonyl (C=O) groups is 1. The Hall–Kier alpha value is -3.20. The van der Waals surface area contributed by atoms with E-state index < -0.39 is 11.7 Å². The second-order valence-electron chi connectivity index (χ2n) is 6.49. The van der Waals surface area contributed by atoms with Crippen molar-refractivity contribution in [2.24, 2.45) is 0 Å². The molecular formula is C20H15F3N4OS. The van der Waals surface area contributed by atoms with E-state index in [1.54, 1.807) is 10.2 Å². The molecule has 0 saturated heterocycles. The molecule has 0 aliphatic carbocycles. The van der Waals surface area contributed by atoms with Crippen LogP contribution in [0.2, 0.25) is 0 Å². The number of fused-ring (bicyclic) bond motifs is 1. The van der Waals surface area contributed by atoms with Crippen LogP contribution < -0.4 is 5.32 Å². The van der Waals surface area contributed by atoms with Crippen molar-refractivity contribution in [2.75, 3.05) is 5.32 Å². The molecule has 0 spiro atoms. The van der Waals surface area contributed by atoms with E-state index >= 15 is 0 Å². The Morgan fingerprint density at radius 2 is 1.93 bits per heavy atom. The van der Waals surface area contributed by atoms with Crippen LogP contribution in [0.1, 0.15) is 26.4 Å². The zero-order valence-corrected chi connectivity index (χ0v) is 16.0. The first kappa shape index (κ1) is 19.1. The van der Waals surface area contributed by atoms with E-state index in [0.29, 0.717) is 16.3 Å². The molecule has 9 heteroatoms. The largest absolute Gasteiger partial charge is 0.416 e. The highest BCUT2D eigenvalue weighted by Crippen LogP contribution is 2.30. The molecule has 4 aromatic rings. The lowest BCUT2D eigenvalue weighted by Crippen LogP contribution is -2.11. The van der Waals surface area contributed by atoms with Crippen LogP contribution in [0, 0.1) is 6.92 Å². The number of nitrogens with one attached hydrogen (secondary N) is 1. The second-order valence-corrected chi connectivity index (χ2v) is 7.38. The van der Waals surface area contributed by atoms with E-state index in [4.69, 9.17) is 0 Å². The predicted octanol–water partition coefficient (Wildman–Crippen LogP) is 5.12. The van der Waals surface area contributed by atoms with Crippen LogP contribution in [-0.4, -0.2) is 20.7 Å². The van der Waals surface area contributed by atoms with E-state index in [1.165, 1.54) is 29.7 Å². The number of anilines is 1. The van der Waals surface area contributed by atoms with Gasteiger partial charge in [-0.05, 0) is 36.2 Å². The summed E-state index contributed by atoms with van der Waals surface area (Å²) in [6, 6.07) is 10.6. The quantitative estimate of drug-likeness (QED) is 0.502. The molecule has 4 rings (SSSR count).